The topological polar surface area (TPSA) is 12.0 Å². The van der Waals surface area contributed by atoms with Crippen molar-refractivity contribution >= 4 is 21.6 Å². The lowest BCUT2D eigenvalue weighted by Gasteiger charge is -2.10. The van der Waals surface area contributed by atoms with Gasteiger partial charge in [-0.15, -0.1) is 0 Å². The summed E-state index contributed by atoms with van der Waals surface area (Å²) in [5.41, 5.74) is 3.22. The molecule has 0 aliphatic rings. The van der Waals surface area contributed by atoms with Crippen LogP contribution in [-0.4, -0.2) is 0 Å². The lowest BCUT2D eigenvalue weighted by atomic mass is 10.1. The Kier molecular flexibility index (Phi) is 4.53. The Morgan fingerprint density at radius 1 is 1.11 bits per heavy atom. The van der Waals surface area contributed by atoms with Crippen molar-refractivity contribution in [1.29, 1.82) is 0 Å². The molecule has 4 heteroatoms. The van der Waals surface area contributed by atoms with Gasteiger partial charge in [-0.2, -0.15) is 0 Å². The number of hydrogen-bond acceptors (Lipinski definition) is 1. The Labute approximate surface area is 119 Å². The molecule has 2 aromatic rings. The minimum Gasteiger partial charge on any atom is -0.381 e. The molecule has 0 amide bonds. The summed E-state index contributed by atoms with van der Waals surface area (Å²) in [6.07, 6.45) is -2.41. The molecule has 19 heavy (non-hydrogen) atoms. The van der Waals surface area contributed by atoms with Crippen molar-refractivity contribution in [2.24, 2.45) is 0 Å². The van der Waals surface area contributed by atoms with E-state index in [1.807, 2.05) is 25.1 Å². The molecular formula is C15H14BrF2N. The minimum atomic E-state index is -2.41. The van der Waals surface area contributed by atoms with Gasteiger partial charge in [-0.25, -0.2) is 8.78 Å². The number of rotatable bonds is 4. The molecule has 0 spiro atoms. The van der Waals surface area contributed by atoms with Gasteiger partial charge in [-0.1, -0.05) is 40.2 Å². The monoisotopic (exact) mass is 325 g/mol. The van der Waals surface area contributed by atoms with Gasteiger partial charge in [-0.3, -0.25) is 0 Å². The third-order valence-electron chi connectivity index (χ3n) is 2.90. The molecule has 0 unspecified atom stereocenters. The van der Waals surface area contributed by atoms with Gasteiger partial charge in [0.05, 0.1) is 0 Å². The smallest absolute Gasteiger partial charge is 0.263 e. The quantitative estimate of drug-likeness (QED) is 0.803. The highest BCUT2D eigenvalue weighted by atomic mass is 79.9. The third kappa shape index (κ3) is 3.77. The first-order valence-corrected chi connectivity index (χ1v) is 6.72. The van der Waals surface area contributed by atoms with Crippen molar-refractivity contribution in [2.75, 3.05) is 5.32 Å². The van der Waals surface area contributed by atoms with Crippen LogP contribution in [-0.2, 0) is 6.54 Å². The van der Waals surface area contributed by atoms with E-state index in [1.54, 1.807) is 12.1 Å². The van der Waals surface area contributed by atoms with E-state index in [1.165, 1.54) is 12.1 Å². The van der Waals surface area contributed by atoms with Crippen molar-refractivity contribution < 1.29 is 8.78 Å². The van der Waals surface area contributed by atoms with Crippen LogP contribution in [0.3, 0.4) is 0 Å². The standard InChI is InChI=1S/C15H14BrF2N/c1-10-8-13(16)6-7-14(10)19-9-11-2-4-12(5-3-11)15(17)18/h2-8,15,19H,9H2,1H3. The second kappa shape index (κ2) is 6.15. The Morgan fingerprint density at radius 3 is 2.37 bits per heavy atom. The lowest BCUT2D eigenvalue weighted by Crippen LogP contribution is -2.01. The number of benzene rings is 2. The second-order valence-corrected chi connectivity index (χ2v) is 5.27. The number of alkyl halides is 2. The highest BCUT2D eigenvalue weighted by Crippen LogP contribution is 2.22. The zero-order valence-corrected chi connectivity index (χ0v) is 12.0. The normalized spacial score (nSPS) is 10.8. The summed E-state index contributed by atoms with van der Waals surface area (Å²) in [4.78, 5) is 0. The number of aryl methyl sites for hydroxylation is 1. The molecule has 0 saturated heterocycles. The molecule has 0 saturated carbocycles. The molecular weight excluding hydrogens is 312 g/mol. The molecule has 0 aromatic heterocycles. The van der Waals surface area contributed by atoms with Crippen LogP contribution in [0.2, 0.25) is 0 Å². The highest BCUT2D eigenvalue weighted by Gasteiger charge is 2.05. The molecule has 0 aliphatic heterocycles. The average molecular weight is 326 g/mol. The van der Waals surface area contributed by atoms with Crippen LogP contribution in [0.25, 0.3) is 0 Å². The van der Waals surface area contributed by atoms with E-state index in [2.05, 4.69) is 21.2 Å². The first kappa shape index (κ1) is 14.0. The Hall–Kier alpha value is -1.42. The molecule has 2 rings (SSSR count). The maximum absolute atomic E-state index is 12.4. The molecule has 2 aromatic carbocycles. The van der Waals surface area contributed by atoms with Gasteiger partial charge in [0, 0.05) is 22.3 Å². The average Bonchev–Trinajstić information content (AvgIpc) is 2.38. The van der Waals surface area contributed by atoms with Crippen molar-refractivity contribution in [3.63, 3.8) is 0 Å². The van der Waals surface area contributed by atoms with Gasteiger partial charge in [0.2, 0.25) is 0 Å². The van der Waals surface area contributed by atoms with Gasteiger partial charge < -0.3 is 5.32 Å². The summed E-state index contributed by atoms with van der Waals surface area (Å²) in [7, 11) is 0. The first-order valence-electron chi connectivity index (χ1n) is 5.93. The van der Waals surface area contributed by atoms with E-state index >= 15 is 0 Å². The maximum Gasteiger partial charge on any atom is 0.263 e. The highest BCUT2D eigenvalue weighted by molar-refractivity contribution is 9.10. The zero-order valence-electron chi connectivity index (χ0n) is 10.5. The fourth-order valence-electron chi connectivity index (χ4n) is 1.80. The van der Waals surface area contributed by atoms with Crippen LogP contribution in [0, 0.1) is 6.92 Å². The molecule has 100 valence electrons. The van der Waals surface area contributed by atoms with Gasteiger partial charge in [-0.05, 0) is 36.2 Å². The largest absolute Gasteiger partial charge is 0.381 e. The van der Waals surface area contributed by atoms with E-state index in [-0.39, 0.29) is 5.56 Å². The molecule has 0 fully saturated rings. The third-order valence-corrected chi connectivity index (χ3v) is 3.40. The van der Waals surface area contributed by atoms with Crippen molar-refractivity contribution in [1.82, 2.24) is 0 Å². The molecule has 0 aliphatic carbocycles. The van der Waals surface area contributed by atoms with E-state index in [4.69, 9.17) is 0 Å². The fourth-order valence-corrected chi connectivity index (χ4v) is 2.28. The van der Waals surface area contributed by atoms with Crippen LogP contribution in [0.15, 0.2) is 46.9 Å². The fraction of sp³-hybridized carbons (Fsp3) is 0.200. The molecule has 0 heterocycles. The van der Waals surface area contributed by atoms with Gasteiger partial charge >= 0.3 is 0 Å². The predicted molar refractivity (Wildman–Crippen MR) is 77.6 cm³/mol. The van der Waals surface area contributed by atoms with Gasteiger partial charge in [0.1, 0.15) is 0 Å². The molecule has 0 atom stereocenters. The predicted octanol–water partition coefficient (Wildman–Crippen LogP) is 5.31. The van der Waals surface area contributed by atoms with Gasteiger partial charge in [0.15, 0.2) is 0 Å². The minimum absolute atomic E-state index is 0.0589. The molecule has 1 nitrogen and oxygen atoms in total. The molecule has 1 N–H and O–H groups in total. The molecule has 0 radical (unpaired) electrons. The summed E-state index contributed by atoms with van der Waals surface area (Å²) in [5, 5.41) is 3.30. The number of nitrogens with one attached hydrogen (secondary N) is 1. The van der Waals surface area contributed by atoms with Crippen LogP contribution < -0.4 is 5.32 Å². The van der Waals surface area contributed by atoms with E-state index < -0.39 is 6.43 Å². The first-order chi connectivity index (χ1) is 9.06. The molecule has 0 bridgehead atoms. The number of halogens is 3. The van der Waals surface area contributed by atoms with Crippen LogP contribution >= 0.6 is 15.9 Å². The van der Waals surface area contributed by atoms with Crippen LogP contribution in [0.1, 0.15) is 23.1 Å². The Bertz CT molecular complexity index is 553. The van der Waals surface area contributed by atoms with Crippen LogP contribution in [0.4, 0.5) is 14.5 Å². The summed E-state index contributed by atoms with van der Waals surface area (Å²) in [6, 6.07) is 12.4. The summed E-state index contributed by atoms with van der Waals surface area (Å²) < 4.78 is 25.9. The van der Waals surface area contributed by atoms with E-state index in [0.717, 1.165) is 21.3 Å². The lowest BCUT2D eigenvalue weighted by molar-refractivity contribution is 0.151. The summed E-state index contributed by atoms with van der Waals surface area (Å²) in [6.45, 7) is 2.64. The van der Waals surface area contributed by atoms with Crippen molar-refractivity contribution in [3.8, 4) is 0 Å². The second-order valence-electron chi connectivity index (χ2n) is 4.36. The Balaban J connectivity index is 2.02. The summed E-state index contributed by atoms with van der Waals surface area (Å²) in [5.74, 6) is 0. The van der Waals surface area contributed by atoms with Gasteiger partial charge in [0.25, 0.3) is 6.43 Å². The SMILES string of the molecule is Cc1cc(Br)ccc1NCc1ccc(C(F)F)cc1. The number of hydrogen-bond donors (Lipinski definition) is 1. The van der Waals surface area contributed by atoms with E-state index in [9.17, 15) is 8.78 Å². The van der Waals surface area contributed by atoms with Crippen molar-refractivity contribution in [2.45, 2.75) is 19.9 Å². The Morgan fingerprint density at radius 2 is 1.79 bits per heavy atom. The van der Waals surface area contributed by atoms with Crippen LogP contribution in [0.5, 0.6) is 0 Å². The maximum atomic E-state index is 12.4. The van der Waals surface area contributed by atoms with E-state index in [0.29, 0.717) is 6.54 Å². The number of anilines is 1. The summed E-state index contributed by atoms with van der Waals surface area (Å²) >= 11 is 3.41. The van der Waals surface area contributed by atoms with Crippen molar-refractivity contribution in [3.05, 3.63) is 63.6 Å². The zero-order chi connectivity index (χ0) is 13.8.